The fraction of sp³-hybridized carbons (Fsp3) is 0.429. The van der Waals surface area contributed by atoms with E-state index in [4.69, 9.17) is 15.6 Å². The van der Waals surface area contributed by atoms with Gasteiger partial charge in [-0.3, -0.25) is 4.90 Å². The molecule has 37 heavy (non-hydrogen) atoms. The standard InChI is InChI=1S/C28H33F2N5O2/c1-3-18-6-5-7-19(4-2)26(18)35-27(20-12-23(30)25(13-22(20)29)32-28(31)36)21-15-34(10-8-24(21)33-35)14-17-9-11-37-16-17/h5-7,12-13,17H,3-4,8-11,14-16H2,1-2H3,(H3,31,32,36). The molecule has 0 aliphatic carbocycles. The van der Waals surface area contributed by atoms with Crippen LogP contribution >= 0.6 is 0 Å². The van der Waals surface area contributed by atoms with Gasteiger partial charge in [-0.15, -0.1) is 0 Å². The molecule has 0 spiro atoms. The van der Waals surface area contributed by atoms with Gasteiger partial charge in [0.15, 0.2) is 0 Å². The Kier molecular flexibility index (Phi) is 7.26. The van der Waals surface area contributed by atoms with E-state index in [2.05, 4.69) is 36.2 Å². The summed E-state index contributed by atoms with van der Waals surface area (Å²) in [6.45, 7) is 8.06. The molecule has 2 aliphatic heterocycles. The Labute approximate surface area is 215 Å². The van der Waals surface area contributed by atoms with Crippen molar-refractivity contribution >= 4 is 11.7 Å². The minimum Gasteiger partial charge on any atom is -0.381 e. The normalized spacial score (nSPS) is 17.7. The summed E-state index contributed by atoms with van der Waals surface area (Å²) >= 11 is 0. The maximum Gasteiger partial charge on any atom is 0.316 e. The predicted molar refractivity (Wildman–Crippen MR) is 139 cm³/mol. The first-order chi connectivity index (χ1) is 17.9. The highest BCUT2D eigenvalue weighted by Gasteiger charge is 2.31. The number of para-hydroxylation sites is 1. The second kappa shape index (κ2) is 10.6. The van der Waals surface area contributed by atoms with Crippen molar-refractivity contribution in [2.75, 3.05) is 31.6 Å². The van der Waals surface area contributed by atoms with E-state index in [1.165, 1.54) is 0 Å². The number of hydrogen-bond acceptors (Lipinski definition) is 4. The van der Waals surface area contributed by atoms with Gasteiger partial charge >= 0.3 is 6.03 Å². The van der Waals surface area contributed by atoms with Gasteiger partial charge in [0.1, 0.15) is 11.6 Å². The van der Waals surface area contributed by atoms with Crippen molar-refractivity contribution in [1.29, 1.82) is 0 Å². The molecule has 3 N–H and O–H groups in total. The van der Waals surface area contributed by atoms with E-state index in [1.54, 1.807) is 0 Å². The van der Waals surface area contributed by atoms with E-state index < -0.39 is 17.7 Å². The van der Waals surface area contributed by atoms with Crippen LogP contribution in [0, 0.1) is 17.6 Å². The van der Waals surface area contributed by atoms with Crippen LogP contribution in [-0.2, 0) is 30.5 Å². The number of carbonyl (C=O) groups excluding carboxylic acids is 1. The number of aryl methyl sites for hydroxylation is 2. The summed E-state index contributed by atoms with van der Waals surface area (Å²) in [5, 5.41) is 7.17. The third-order valence-corrected chi connectivity index (χ3v) is 7.40. The van der Waals surface area contributed by atoms with Crippen molar-refractivity contribution in [3.63, 3.8) is 0 Å². The number of primary amides is 1. The van der Waals surface area contributed by atoms with Gasteiger partial charge < -0.3 is 15.8 Å². The highest BCUT2D eigenvalue weighted by atomic mass is 19.1. The molecule has 1 fully saturated rings. The zero-order valence-corrected chi connectivity index (χ0v) is 21.3. The molecule has 7 nitrogen and oxygen atoms in total. The Morgan fingerprint density at radius 2 is 1.95 bits per heavy atom. The molecule has 0 radical (unpaired) electrons. The third kappa shape index (κ3) is 4.98. The van der Waals surface area contributed by atoms with Gasteiger partial charge in [0.25, 0.3) is 0 Å². The summed E-state index contributed by atoms with van der Waals surface area (Å²) in [5.41, 5.74) is 10.4. The number of amides is 2. The van der Waals surface area contributed by atoms with Gasteiger partial charge in [0.05, 0.1) is 29.4 Å². The third-order valence-electron chi connectivity index (χ3n) is 7.40. The molecular formula is C28H33F2N5O2. The molecule has 0 bridgehead atoms. The number of fused-ring (bicyclic) bond motifs is 1. The molecule has 3 heterocycles. The summed E-state index contributed by atoms with van der Waals surface area (Å²) in [4.78, 5) is 13.7. The smallest absolute Gasteiger partial charge is 0.316 e. The van der Waals surface area contributed by atoms with Crippen LogP contribution < -0.4 is 11.1 Å². The molecule has 0 saturated carbocycles. The van der Waals surface area contributed by atoms with E-state index in [0.717, 1.165) is 92.2 Å². The zero-order valence-electron chi connectivity index (χ0n) is 21.3. The fourth-order valence-corrected chi connectivity index (χ4v) is 5.56. The number of carbonyl (C=O) groups is 1. The molecule has 1 unspecified atom stereocenters. The lowest BCUT2D eigenvalue weighted by molar-refractivity contribution is 0.162. The van der Waals surface area contributed by atoms with Gasteiger partial charge in [-0.05, 0) is 42.4 Å². The number of urea groups is 1. The number of nitrogens with zero attached hydrogens (tertiary/aromatic N) is 3. The van der Waals surface area contributed by atoms with Crippen LogP contribution in [0.3, 0.4) is 0 Å². The van der Waals surface area contributed by atoms with Crippen LogP contribution in [0.4, 0.5) is 19.3 Å². The second-order valence-corrected chi connectivity index (χ2v) is 9.83. The number of hydrogen-bond donors (Lipinski definition) is 2. The highest BCUT2D eigenvalue weighted by molar-refractivity contribution is 5.88. The molecule has 9 heteroatoms. The van der Waals surface area contributed by atoms with E-state index >= 15 is 8.78 Å². The van der Waals surface area contributed by atoms with Crippen LogP contribution in [0.2, 0.25) is 0 Å². The molecule has 2 amide bonds. The van der Waals surface area contributed by atoms with Crippen molar-refractivity contribution < 1.29 is 18.3 Å². The second-order valence-electron chi connectivity index (χ2n) is 9.83. The van der Waals surface area contributed by atoms with Crippen molar-refractivity contribution in [1.82, 2.24) is 14.7 Å². The number of ether oxygens (including phenoxy) is 1. The number of anilines is 1. The summed E-state index contributed by atoms with van der Waals surface area (Å²) in [7, 11) is 0. The Hall–Kier alpha value is -3.30. The quantitative estimate of drug-likeness (QED) is 0.478. The van der Waals surface area contributed by atoms with Crippen molar-refractivity contribution in [2.45, 2.75) is 46.1 Å². The number of nitrogens with two attached hydrogens (primary N) is 1. The summed E-state index contributed by atoms with van der Waals surface area (Å²) in [6.07, 6.45) is 3.32. The fourth-order valence-electron chi connectivity index (χ4n) is 5.56. The molecular weight excluding hydrogens is 476 g/mol. The maximum atomic E-state index is 15.7. The van der Waals surface area contributed by atoms with Crippen LogP contribution in [-0.4, -0.2) is 47.0 Å². The Bertz CT molecular complexity index is 1290. The first-order valence-electron chi connectivity index (χ1n) is 13.0. The number of aromatic nitrogens is 2. The molecule has 3 aromatic rings. The van der Waals surface area contributed by atoms with Crippen LogP contribution in [0.15, 0.2) is 30.3 Å². The Morgan fingerprint density at radius 3 is 2.59 bits per heavy atom. The monoisotopic (exact) mass is 509 g/mol. The van der Waals surface area contributed by atoms with E-state index in [9.17, 15) is 4.79 Å². The first kappa shape index (κ1) is 25.4. The Balaban J connectivity index is 1.68. The molecule has 1 aromatic heterocycles. The predicted octanol–water partition coefficient (Wildman–Crippen LogP) is 4.83. The highest BCUT2D eigenvalue weighted by Crippen LogP contribution is 2.38. The largest absolute Gasteiger partial charge is 0.381 e. The minimum atomic E-state index is -0.954. The van der Waals surface area contributed by atoms with Crippen molar-refractivity contribution in [3.8, 4) is 16.9 Å². The number of halogens is 2. The van der Waals surface area contributed by atoms with Gasteiger partial charge in [-0.1, -0.05) is 32.0 Å². The van der Waals surface area contributed by atoms with Gasteiger partial charge in [0, 0.05) is 49.9 Å². The molecule has 1 atom stereocenters. The van der Waals surface area contributed by atoms with Gasteiger partial charge in [0.2, 0.25) is 0 Å². The lowest BCUT2D eigenvalue weighted by atomic mass is 9.97. The van der Waals surface area contributed by atoms with Gasteiger partial charge in [-0.25, -0.2) is 18.3 Å². The average Bonchev–Trinajstić information content (AvgIpc) is 3.52. The summed E-state index contributed by atoms with van der Waals surface area (Å²) < 4.78 is 38.2. The molecule has 5 rings (SSSR count). The maximum absolute atomic E-state index is 15.7. The van der Waals surface area contributed by atoms with Gasteiger partial charge in [-0.2, -0.15) is 5.10 Å². The SMILES string of the molecule is CCc1cccc(CC)c1-n1nc2c(c1-c1cc(F)c(NC(N)=O)cc1F)CN(CC1CCOC1)CC2. The lowest BCUT2D eigenvalue weighted by Gasteiger charge is -2.29. The van der Waals surface area contributed by atoms with Crippen LogP contribution in [0.25, 0.3) is 16.9 Å². The van der Waals surface area contributed by atoms with Crippen molar-refractivity contribution in [3.05, 3.63) is 64.4 Å². The average molecular weight is 510 g/mol. The number of rotatable bonds is 7. The van der Waals surface area contributed by atoms with Crippen LogP contribution in [0.5, 0.6) is 0 Å². The summed E-state index contributed by atoms with van der Waals surface area (Å²) in [5.74, 6) is -0.935. The van der Waals surface area contributed by atoms with Crippen molar-refractivity contribution in [2.24, 2.45) is 11.7 Å². The topological polar surface area (TPSA) is 85.4 Å². The first-order valence-corrected chi connectivity index (χ1v) is 13.0. The molecule has 196 valence electrons. The lowest BCUT2D eigenvalue weighted by Crippen LogP contribution is -2.34. The molecule has 2 aromatic carbocycles. The van der Waals surface area contributed by atoms with E-state index in [-0.39, 0.29) is 11.3 Å². The number of nitrogens with one attached hydrogen (secondary N) is 1. The minimum absolute atomic E-state index is 0.111. The zero-order chi connectivity index (χ0) is 26.1. The van der Waals surface area contributed by atoms with Crippen LogP contribution in [0.1, 0.15) is 42.7 Å². The van der Waals surface area contributed by atoms with E-state index in [0.29, 0.717) is 18.2 Å². The molecule has 1 saturated heterocycles. The molecule has 2 aliphatic rings. The number of benzene rings is 2. The summed E-state index contributed by atoms with van der Waals surface area (Å²) in [6, 6.07) is 7.31. The Morgan fingerprint density at radius 1 is 1.19 bits per heavy atom. The van der Waals surface area contributed by atoms with E-state index in [1.807, 2.05) is 10.7 Å².